The number of hydrogen-bond donors (Lipinski definition) is 1. The van der Waals surface area contributed by atoms with Gasteiger partial charge in [-0.15, -0.1) is 11.3 Å². The van der Waals surface area contributed by atoms with Crippen LogP contribution in [-0.4, -0.2) is 60.0 Å². The van der Waals surface area contributed by atoms with Crippen molar-refractivity contribution in [2.75, 3.05) is 39.1 Å². The molecule has 230 valence electrons. The fraction of sp³-hybridized carbons (Fsp3) is 0.452. The molecular weight excluding hydrogens is 612 g/mol. The third-order valence-electron chi connectivity index (χ3n) is 9.26. The lowest BCUT2D eigenvalue weighted by Gasteiger charge is -2.28. The molecule has 4 aromatic rings. The van der Waals surface area contributed by atoms with E-state index in [-0.39, 0.29) is 90.2 Å². The van der Waals surface area contributed by atoms with E-state index in [0.29, 0.717) is 19.6 Å². The van der Waals surface area contributed by atoms with E-state index in [1.54, 1.807) is 0 Å². The van der Waals surface area contributed by atoms with Crippen molar-refractivity contribution in [1.82, 2.24) is 14.5 Å². The molecule has 3 aliphatic heterocycles. The number of halogens is 3. The van der Waals surface area contributed by atoms with Gasteiger partial charge in [-0.3, -0.25) is 14.3 Å². The Morgan fingerprint density at radius 2 is 2.09 bits per heavy atom. The first-order chi connectivity index (χ1) is 21.2. The van der Waals surface area contributed by atoms with Gasteiger partial charge in [0, 0.05) is 42.0 Å². The first-order valence-electron chi connectivity index (χ1n) is 14.7. The van der Waals surface area contributed by atoms with Crippen LogP contribution >= 0.6 is 22.9 Å². The molecule has 2 N–H and O–H groups in total. The summed E-state index contributed by atoms with van der Waals surface area (Å²) in [5.41, 5.74) is 5.63. The van der Waals surface area contributed by atoms with Crippen molar-refractivity contribution in [3.63, 3.8) is 0 Å². The van der Waals surface area contributed by atoms with E-state index >= 15 is 4.39 Å². The zero-order chi connectivity index (χ0) is 30.9. The molecule has 3 aliphatic rings. The monoisotopic (exact) mass is 641 g/mol. The lowest BCUT2D eigenvalue weighted by molar-refractivity contribution is 0.114. The van der Waals surface area contributed by atoms with Crippen LogP contribution in [0.2, 0.25) is 5.02 Å². The van der Waals surface area contributed by atoms with Gasteiger partial charge in [0.05, 0.1) is 28.5 Å². The van der Waals surface area contributed by atoms with Gasteiger partial charge in [-0.05, 0) is 51.4 Å². The summed E-state index contributed by atoms with van der Waals surface area (Å²) < 4.78 is 51.7. The number of ether oxygens (including phenoxy) is 3. The SMILES string of the molecule is C[C@H](Oc1nc2c(F)c(-c3ccc(F)c4sc(N)c(C#N)c34)c(Cl)c3c2n(c1=O)C(C1CCOC1)CCO3)[C@@H]1CCCN1C. The fourth-order valence-electron chi connectivity index (χ4n) is 7.09. The second kappa shape index (κ2) is 11.1. The van der Waals surface area contributed by atoms with Crippen LogP contribution in [-0.2, 0) is 4.74 Å². The molecule has 2 saturated heterocycles. The summed E-state index contributed by atoms with van der Waals surface area (Å²) in [6.07, 6.45) is 2.71. The molecule has 0 aliphatic carbocycles. The van der Waals surface area contributed by atoms with Crippen LogP contribution in [0.3, 0.4) is 0 Å². The number of nitrogen functional groups attached to an aromatic ring is 1. The van der Waals surface area contributed by atoms with E-state index in [1.165, 1.54) is 16.7 Å². The highest BCUT2D eigenvalue weighted by Crippen LogP contribution is 2.50. The lowest BCUT2D eigenvalue weighted by atomic mass is 9.95. The van der Waals surface area contributed by atoms with Crippen molar-refractivity contribution in [3.8, 4) is 28.8 Å². The molecule has 0 saturated carbocycles. The highest BCUT2D eigenvalue weighted by atomic mass is 35.5. The number of nitrogens with two attached hydrogens (primary N) is 1. The maximum absolute atomic E-state index is 17.0. The Morgan fingerprint density at radius 1 is 1.27 bits per heavy atom. The maximum Gasteiger partial charge on any atom is 0.314 e. The van der Waals surface area contributed by atoms with Gasteiger partial charge in [0.1, 0.15) is 34.0 Å². The summed E-state index contributed by atoms with van der Waals surface area (Å²) in [4.78, 5) is 20.9. The Balaban J connectivity index is 1.52. The van der Waals surface area contributed by atoms with Crippen LogP contribution in [0.15, 0.2) is 16.9 Å². The number of aromatic nitrogens is 2. The van der Waals surface area contributed by atoms with Crippen molar-refractivity contribution in [2.45, 2.75) is 50.8 Å². The smallest absolute Gasteiger partial charge is 0.314 e. The van der Waals surface area contributed by atoms with E-state index in [9.17, 15) is 14.4 Å². The van der Waals surface area contributed by atoms with E-state index in [0.717, 1.165) is 37.1 Å². The van der Waals surface area contributed by atoms with E-state index < -0.39 is 17.2 Å². The molecule has 7 rings (SSSR count). The molecule has 9 nitrogen and oxygen atoms in total. The number of likely N-dealkylation sites (tertiary alicyclic amines) is 1. The molecule has 2 aromatic heterocycles. The Hall–Kier alpha value is -3.50. The van der Waals surface area contributed by atoms with E-state index in [4.69, 9.17) is 31.5 Å². The Labute approximate surface area is 260 Å². The molecule has 0 spiro atoms. The predicted molar refractivity (Wildman–Crippen MR) is 165 cm³/mol. The van der Waals surface area contributed by atoms with E-state index in [2.05, 4.69) is 9.88 Å². The number of anilines is 1. The fourth-order valence-corrected chi connectivity index (χ4v) is 8.37. The molecule has 5 heterocycles. The van der Waals surface area contributed by atoms with Crippen LogP contribution in [0.4, 0.5) is 13.8 Å². The minimum Gasteiger partial charge on any atom is -0.490 e. The second-order valence-electron chi connectivity index (χ2n) is 11.7. The largest absolute Gasteiger partial charge is 0.490 e. The number of hydrogen-bond acceptors (Lipinski definition) is 9. The molecule has 2 unspecified atom stereocenters. The Bertz CT molecular complexity index is 1920. The third kappa shape index (κ3) is 4.43. The number of benzene rings is 2. The van der Waals surface area contributed by atoms with Gasteiger partial charge in [0.25, 0.3) is 5.88 Å². The maximum atomic E-state index is 17.0. The second-order valence-corrected chi connectivity index (χ2v) is 13.1. The third-order valence-corrected chi connectivity index (χ3v) is 10.6. The molecule has 2 fully saturated rings. The van der Waals surface area contributed by atoms with Crippen molar-refractivity contribution in [1.29, 1.82) is 5.26 Å². The van der Waals surface area contributed by atoms with E-state index in [1.807, 2.05) is 20.0 Å². The summed E-state index contributed by atoms with van der Waals surface area (Å²) in [6.45, 7) is 4.02. The van der Waals surface area contributed by atoms with Gasteiger partial charge in [0.15, 0.2) is 11.6 Å². The normalized spacial score (nSPS) is 22.7. The Morgan fingerprint density at radius 3 is 2.80 bits per heavy atom. The molecule has 2 aromatic carbocycles. The number of nitriles is 1. The quantitative estimate of drug-likeness (QED) is 0.287. The van der Waals surface area contributed by atoms with Crippen molar-refractivity contribution < 1.29 is 23.0 Å². The molecule has 0 bridgehead atoms. The van der Waals surface area contributed by atoms with Crippen LogP contribution in [0.5, 0.6) is 11.6 Å². The van der Waals surface area contributed by atoms with Crippen LogP contribution in [0.25, 0.3) is 32.2 Å². The van der Waals surface area contributed by atoms with Gasteiger partial charge < -0.3 is 19.9 Å². The average molecular weight is 642 g/mol. The summed E-state index contributed by atoms with van der Waals surface area (Å²) in [5, 5.41) is 10.0. The molecule has 44 heavy (non-hydrogen) atoms. The van der Waals surface area contributed by atoms with Crippen LogP contribution in [0, 0.1) is 28.9 Å². The average Bonchev–Trinajstić information content (AvgIpc) is 3.73. The summed E-state index contributed by atoms with van der Waals surface area (Å²) >= 11 is 7.87. The standard InChI is InChI=1S/C31H30ClF2N5O4S/c1-14(19-4-3-9-38(19)2)43-30-31(40)39-20(15-7-10-41-13-15)8-11-42-27-23(32)22(24(34)25(37-30)26(27)39)16-5-6-18(33)28-21(16)17(12-35)29(36)44-28/h5-6,14-15,19-20H,3-4,7-11,13,36H2,1-2H3/t14-,15?,19-,20?/m0/s1. The van der Waals surface area contributed by atoms with Gasteiger partial charge in [-0.25, -0.2) is 13.8 Å². The molecule has 4 atom stereocenters. The highest BCUT2D eigenvalue weighted by molar-refractivity contribution is 7.23. The molecule has 13 heteroatoms. The highest BCUT2D eigenvalue weighted by Gasteiger charge is 2.37. The topological polar surface area (TPSA) is 116 Å². The lowest BCUT2D eigenvalue weighted by Crippen LogP contribution is -2.40. The zero-order valence-corrected chi connectivity index (χ0v) is 25.7. The summed E-state index contributed by atoms with van der Waals surface area (Å²) in [5.74, 6) is -1.56. The number of nitrogens with zero attached hydrogens (tertiary/aromatic N) is 4. The zero-order valence-electron chi connectivity index (χ0n) is 24.2. The summed E-state index contributed by atoms with van der Waals surface area (Å²) in [7, 11) is 2.01. The number of likely N-dealkylation sites (N-methyl/N-ethyl adjacent to an activating group) is 1. The van der Waals surface area contributed by atoms with Crippen molar-refractivity contribution in [2.24, 2.45) is 5.92 Å². The minimum atomic E-state index is -0.841. The Kier molecular flexibility index (Phi) is 7.40. The first kappa shape index (κ1) is 29.2. The summed E-state index contributed by atoms with van der Waals surface area (Å²) in [6, 6.07) is 4.28. The van der Waals surface area contributed by atoms with Crippen LogP contribution in [0.1, 0.15) is 44.2 Å². The molecular formula is C31H30ClF2N5O4S. The van der Waals surface area contributed by atoms with Gasteiger partial charge in [-0.1, -0.05) is 17.7 Å². The number of fused-ring (bicyclic) bond motifs is 1. The minimum absolute atomic E-state index is 0.00991. The first-order valence-corrected chi connectivity index (χ1v) is 15.9. The van der Waals surface area contributed by atoms with Gasteiger partial charge >= 0.3 is 5.56 Å². The van der Waals surface area contributed by atoms with Gasteiger partial charge in [-0.2, -0.15) is 5.26 Å². The van der Waals surface area contributed by atoms with Crippen LogP contribution < -0.4 is 20.8 Å². The molecule has 0 amide bonds. The van der Waals surface area contributed by atoms with Crippen molar-refractivity contribution in [3.05, 3.63) is 44.7 Å². The number of thiophene rings is 1. The molecule has 0 radical (unpaired) electrons. The van der Waals surface area contributed by atoms with Gasteiger partial charge in [0.2, 0.25) is 0 Å². The number of rotatable bonds is 5. The predicted octanol–water partition coefficient (Wildman–Crippen LogP) is 5.89. The van der Waals surface area contributed by atoms with Crippen molar-refractivity contribution >= 4 is 49.1 Å².